The van der Waals surface area contributed by atoms with E-state index >= 15 is 0 Å². The fourth-order valence-corrected chi connectivity index (χ4v) is 5.22. The Morgan fingerprint density at radius 2 is 1.55 bits per heavy atom. The van der Waals surface area contributed by atoms with Crippen LogP contribution in [-0.2, 0) is 15.4 Å². The van der Waals surface area contributed by atoms with Gasteiger partial charge in [0.05, 0.1) is 11.5 Å². The van der Waals surface area contributed by atoms with Crippen molar-refractivity contribution in [3.05, 3.63) is 82.3 Å². The molecule has 0 saturated heterocycles. The lowest BCUT2D eigenvalue weighted by Gasteiger charge is -2.21. The number of halogens is 1. The van der Waals surface area contributed by atoms with E-state index < -0.39 is 10.0 Å². The predicted octanol–water partition coefficient (Wildman–Crippen LogP) is 6.20. The Labute approximate surface area is 203 Å². The standard InChI is InChI=1S/C25H27BrN2O4S/c1-5-32-20-11-7-19(8-12-20)28-33(30,31)21-13-9-18(10-14-21)27-24(29)17-6-15-22(23(26)16-17)25(2,3)4/h6-16,28H,5H2,1-4H3,(H,27,29). The van der Waals surface area contributed by atoms with Crippen LogP contribution in [0.3, 0.4) is 0 Å². The summed E-state index contributed by atoms with van der Waals surface area (Å²) in [6.07, 6.45) is 0. The van der Waals surface area contributed by atoms with E-state index in [1.807, 2.05) is 13.0 Å². The second-order valence-corrected chi connectivity index (χ2v) is 11.0. The van der Waals surface area contributed by atoms with Gasteiger partial charge in [-0.3, -0.25) is 9.52 Å². The van der Waals surface area contributed by atoms with Crippen LogP contribution in [0.2, 0.25) is 0 Å². The van der Waals surface area contributed by atoms with Crippen molar-refractivity contribution in [3.63, 3.8) is 0 Å². The molecule has 6 nitrogen and oxygen atoms in total. The molecule has 0 fully saturated rings. The lowest BCUT2D eigenvalue weighted by atomic mass is 9.86. The van der Waals surface area contributed by atoms with E-state index in [-0.39, 0.29) is 16.2 Å². The molecule has 1 amide bonds. The molecule has 3 rings (SSSR count). The Balaban J connectivity index is 1.69. The molecule has 8 heteroatoms. The van der Waals surface area contributed by atoms with Crippen molar-refractivity contribution in [3.8, 4) is 5.75 Å². The van der Waals surface area contributed by atoms with E-state index in [9.17, 15) is 13.2 Å². The average molecular weight is 531 g/mol. The SMILES string of the molecule is CCOc1ccc(NS(=O)(=O)c2ccc(NC(=O)c3ccc(C(C)(C)C)c(Br)c3)cc2)cc1. The Morgan fingerprint density at radius 3 is 2.09 bits per heavy atom. The van der Waals surface area contributed by atoms with Gasteiger partial charge in [0.25, 0.3) is 15.9 Å². The van der Waals surface area contributed by atoms with Gasteiger partial charge in [-0.1, -0.05) is 42.8 Å². The van der Waals surface area contributed by atoms with Crippen molar-refractivity contribution in [1.82, 2.24) is 0 Å². The Morgan fingerprint density at radius 1 is 0.939 bits per heavy atom. The van der Waals surface area contributed by atoms with Crippen LogP contribution in [0.5, 0.6) is 5.75 Å². The predicted molar refractivity (Wildman–Crippen MR) is 136 cm³/mol. The molecule has 3 aromatic rings. The smallest absolute Gasteiger partial charge is 0.261 e. The Hall–Kier alpha value is -2.84. The van der Waals surface area contributed by atoms with Crippen LogP contribution in [0.15, 0.2) is 76.1 Å². The lowest BCUT2D eigenvalue weighted by Crippen LogP contribution is -2.16. The molecule has 0 aliphatic rings. The molecule has 2 N–H and O–H groups in total. The first kappa shape index (κ1) is 24.8. The molecule has 0 unspecified atom stereocenters. The van der Waals surface area contributed by atoms with Crippen LogP contribution in [0.4, 0.5) is 11.4 Å². The maximum absolute atomic E-state index is 12.7. The third-order valence-corrected chi connectivity index (χ3v) is 6.93. The van der Waals surface area contributed by atoms with E-state index in [1.54, 1.807) is 48.5 Å². The van der Waals surface area contributed by atoms with Crippen LogP contribution >= 0.6 is 15.9 Å². The van der Waals surface area contributed by atoms with Crippen molar-refractivity contribution in [2.45, 2.75) is 38.0 Å². The highest BCUT2D eigenvalue weighted by Gasteiger charge is 2.19. The van der Waals surface area contributed by atoms with E-state index in [0.29, 0.717) is 29.3 Å². The van der Waals surface area contributed by atoms with E-state index in [1.165, 1.54) is 12.1 Å². The van der Waals surface area contributed by atoms with Gasteiger partial charge >= 0.3 is 0 Å². The number of carbonyl (C=O) groups is 1. The summed E-state index contributed by atoms with van der Waals surface area (Å²) < 4.78 is 34.1. The number of hydrogen-bond donors (Lipinski definition) is 2. The number of benzene rings is 3. The van der Waals surface area contributed by atoms with Crippen LogP contribution in [0.25, 0.3) is 0 Å². The van der Waals surface area contributed by atoms with Crippen molar-refractivity contribution in [1.29, 1.82) is 0 Å². The highest BCUT2D eigenvalue weighted by molar-refractivity contribution is 9.10. The van der Waals surface area contributed by atoms with E-state index in [0.717, 1.165) is 10.0 Å². The van der Waals surface area contributed by atoms with Crippen LogP contribution in [0.1, 0.15) is 43.6 Å². The second-order valence-electron chi connectivity index (χ2n) is 8.49. The zero-order chi connectivity index (χ0) is 24.2. The van der Waals surface area contributed by atoms with E-state index in [4.69, 9.17) is 4.74 Å². The maximum Gasteiger partial charge on any atom is 0.261 e. The van der Waals surface area contributed by atoms with Crippen molar-refractivity contribution >= 4 is 43.2 Å². The quantitative estimate of drug-likeness (QED) is 0.380. The van der Waals surface area contributed by atoms with Gasteiger partial charge in [0.1, 0.15) is 5.75 Å². The number of rotatable bonds is 7. The number of ether oxygens (including phenoxy) is 1. The van der Waals surface area contributed by atoms with Crippen molar-refractivity contribution in [2.75, 3.05) is 16.6 Å². The summed E-state index contributed by atoms with van der Waals surface area (Å²) in [5.41, 5.74) is 2.49. The first-order valence-electron chi connectivity index (χ1n) is 10.5. The van der Waals surface area contributed by atoms with Gasteiger partial charge in [-0.15, -0.1) is 0 Å². The van der Waals surface area contributed by atoms with Crippen molar-refractivity contribution < 1.29 is 17.9 Å². The zero-order valence-electron chi connectivity index (χ0n) is 19.0. The molecule has 0 aliphatic carbocycles. The van der Waals surface area contributed by atoms with Gasteiger partial charge in [0.2, 0.25) is 0 Å². The highest BCUT2D eigenvalue weighted by Crippen LogP contribution is 2.30. The van der Waals surface area contributed by atoms with Crippen LogP contribution < -0.4 is 14.8 Å². The minimum absolute atomic E-state index is 0.0471. The molecule has 0 spiro atoms. The first-order chi connectivity index (χ1) is 15.5. The zero-order valence-corrected chi connectivity index (χ0v) is 21.4. The molecule has 0 bridgehead atoms. The summed E-state index contributed by atoms with van der Waals surface area (Å²) >= 11 is 3.55. The van der Waals surface area contributed by atoms with Gasteiger partial charge in [0, 0.05) is 21.4 Å². The summed E-state index contributed by atoms with van der Waals surface area (Å²) in [5, 5.41) is 2.80. The normalized spacial score (nSPS) is 11.7. The summed E-state index contributed by atoms with van der Waals surface area (Å²) in [4.78, 5) is 12.7. The number of carbonyl (C=O) groups excluding carboxylic acids is 1. The third-order valence-electron chi connectivity index (χ3n) is 4.88. The monoisotopic (exact) mass is 530 g/mol. The van der Waals surface area contributed by atoms with Crippen LogP contribution in [0, 0.1) is 0 Å². The topological polar surface area (TPSA) is 84.5 Å². The fraction of sp³-hybridized carbons (Fsp3) is 0.240. The molecule has 0 radical (unpaired) electrons. The first-order valence-corrected chi connectivity index (χ1v) is 12.7. The minimum atomic E-state index is -3.77. The Kier molecular flexibility index (Phi) is 7.49. The van der Waals surface area contributed by atoms with Gasteiger partial charge in [-0.25, -0.2) is 8.42 Å². The summed E-state index contributed by atoms with van der Waals surface area (Å²) in [7, 11) is -3.77. The molecule has 0 atom stereocenters. The number of amides is 1. The molecule has 174 valence electrons. The number of sulfonamides is 1. The van der Waals surface area contributed by atoms with Crippen molar-refractivity contribution in [2.24, 2.45) is 0 Å². The van der Waals surface area contributed by atoms with Gasteiger partial charge in [0.15, 0.2) is 0 Å². The number of hydrogen-bond acceptors (Lipinski definition) is 4. The summed E-state index contributed by atoms with van der Waals surface area (Å²) in [5.74, 6) is 0.389. The molecular weight excluding hydrogens is 504 g/mol. The molecule has 3 aromatic carbocycles. The molecular formula is C25H27BrN2O4S. The largest absolute Gasteiger partial charge is 0.494 e. The van der Waals surface area contributed by atoms with Crippen LogP contribution in [-0.4, -0.2) is 20.9 Å². The highest BCUT2D eigenvalue weighted by atomic mass is 79.9. The molecule has 0 aliphatic heterocycles. The van der Waals surface area contributed by atoms with Gasteiger partial charge in [-0.2, -0.15) is 0 Å². The molecule has 0 heterocycles. The fourth-order valence-electron chi connectivity index (χ4n) is 3.19. The number of anilines is 2. The summed E-state index contributed by atoms with van der Waals surface area (Å²) in [6, 6.07) is 18.2. The second kappa shape index (κ2) is 9.97. The molecule has 33 heavy (non-hydrogen) atoms. The van der Waals surface area contributed by atoms with Gasteiger partial charge < -0.3 is 10.1 Å². The number of nitrogens with one attached hydrogen (secondary N) is 2. The van der Waals surface area contributed by atoms with Gasteiger partial charge in [-0.05, 0) is 78.6 Å². The van der Waals surface area contributed by atoms with E-state index in [2.05, 4.69) is 46.7 Å². The Bertz CT molecular complexity index is 1230. The third kappa shape index (κ3) is 6.36. The summed E-state index contributed by atoms with van der Waals surface area (Å²) in [6.45, 7) is 8.73. The minimum Gasteiger partial charge on any atom is -0.494 e. The average Bonchev–Trinajstić information content (AvgIpc) is 2.74. The molecule has 0 saturated carbocycles. The maximum atomic E-state index is 12.7. The molecule has 0 aromatic heterocycles. The lowest BCUT2D eigenvalue weighted by molar-refractivity contribution is 0.102.